The number of nitrogens with zero attached hydrogens (tertiary/aromatic N) is 3. The summed E-state index contributed by atoms with van der Waals surface area (Å²) in [5.41, 5.74) is 0.790. The van der Waals surface area contributed by atoms with Crippen LogP contribution in [0.3, 0.4) is 0 Å². The number of aromatic nitrogens is 2. The van der Waals surface area contributed by atoms with Crippen molar-refractivity contribution < 1.29 is 5.11 Å². The molecule has 1 N–H and O–H groups in total. The molecule has 1 aliphatic carbocycles. The predicted molar refractivity (Wildman–Crippen MR) is 86.7 cm³/mol. The quantitative estimate of drug-likeness (QED) is 0.790. The van der Waals surface area contributed by atoms with Gasteiger partial charge in [0.2, 0.25) is 0 Å². The molecule has 5 heteroatoms. The molecule has 22 heavy (non-hydrogen) atoms. The molecule has 5 nitrogen and oxygen atoms in total. The molecule has 0 amide bonds. The van der Waals surface area contributed by atoms with Crippen molar-refractivity contribution in [2.75, 3.05) is 13.2 Å². The second kappa shape index (κ2) is 6.58. The van der Waals surface area contributed by atoms with Gasteiger partial charge in [-0.15, -0.1) is 0 Å². The zero-order valence-electron chi connectivity index (χ0n) is 13.0. The summed E-state index contributed by atoms with van der Waals surface area (Å²) in [5.74, 6) is 0.819. The predicted octanol–water partition coefficient (Wildman–Crippen LogP) is 1.67. The Morgan fingerprint density at radius 2 is 2.09 bits per heavy atom. The van der Waals surface area contributed by atoms with Crippen molar-refractivity contribution in [2.24, 2.45) is 7.05 Å². The maximum atomic E-state index is 12.4. The second-order valence-corrected chi connectivity index (χ2v) is 6.04. The van der Waals surface area contributed by atoms with Crippen LogP contribution in [0, 0.1) is 0 Å². The van der Waals surface area contributed by atoms with Crippen LogP contribution in [-0.4, -0.2) is 38.8 Å². The van der Waals surface area contributed by atoms with Crippen LogP contribution in [0.25, 0.3) is 10.9 Å². The van der Waals surface area contributed by atoms with Crippen molar-refractivity contribution in [3.05, 3.63) is 40.4 Å². The summed E-state index contributed by atoms with van der Waals surface area (Å²) in [6.07, 6.45) is 4.25. The summed E-state index contributed by atoms with van der Waals surface area (Å²) >= 11 is 0. The number of hydrogen-bond donors (Lipinski definition) is 1. The number of para-hydroxylation sites is 1. The van der Waals surface area contributed by atoms with E-state index in [2.05, 4.69) is 9.88 Å². The fraction of sp³-hybridized carbons (Fsp3) is 0.529. The van der Waals surface area contributed by atoms with E-state index in [0.29, 0.717) is 18.0 Å². The van der Waals surface area contributed by atoms with Gasteiger partial charge in [-0.2, -0.15) is 0 Å². The maximum Gasteiger partial charge on any atom is 0.261 e. The molecule has 1 fully saturated rings. The Kier molecular flexibility index (Phi) is 4.55. The first-order chi connectivity index (χ1) is 10.7. The molecule has 0 unspecified atom stereocenters. The lowest BCUT2D eigenvalue weighted by Gasteiger charge is -2.22. The summed E-state index contributed by atoms with van der Waals surface area (Å²) in [7, 11) is 1.80. The standard InChI is InChI=1S/C17H23N3O2/c1-19-16(12-20(13-8-9-13)10-4-5-11-21)18-15-7-3-2-6-14(15)17(19)22/h2-3,6-7,13,21H,4-5,8-12H2,1H3. The third kappa shape index (κ3) is 3.20. The van der Waals surface area contributed by atoms with E-state index in [1.165, 1.54) is 12.8 Å². The molecule has 0 radical (unpaired) electrons. The Labute approximate surface area is 130 Å². The van der Waals surface area contributed by atoms with Crippen molar-refractivity contribution in [1.82, 2.24) is 14.5 Å². The van der Waals surface area contributed by atoms with Crippen LogP contribution >= 0.6 is 0 Å². The number of aliphatic hydroxyl groups excluding tert-OH is 1. The highest BCUT2D eigenvalue weighted by Gasteiger charge is 2.29. The summed E-state index contributed by atoms with van der Waals surface area (Å²) < 4.78 is 1.67. The van der Waals surface area contributed by atoms with Crippen molar-refractivity contribution in [1.29, 1.82) is 0 Å². The molecule has 1 aromatic heterocycles. The Bertz CT molecular complexity index is 707. The van der Waals surface area contributed by atoms with E-state index in [1.54, 1.807) is 11.6 Å². The highest BCUT2D eigenvalue weighted by Crippen LogP contribution is 2.28. The van der Waals surface area contributed by atoms with Crippen molar-refractivity contribution in [3.8, 4) is 0 Å². The largest absolute Gasteiger partial charge is 0.396 e. The van der Waals surface area contributed by atoms with E-state index in [0.717, 1.165) is 30.7 Å². The minimum absolute atomic E-state index is 0.0201. The van der Waals surface area contributed by atoms with Gasteiger partial charge in [-0.1, -0.05) is 12.1 Å². The van der Waals surface area contributed by atoms with Crippen LogP contribution in [0.15, 0.2) is 29.1 Å². The number of fused-ring (bicyclic) bond motifs is 1. The first-order valence-corrected chi connectivity index (χ1v) is 8.00. The number of aliphatic hydroxyl groups is 1. The lowest BCUT2D eigenvalue weighted by Crippen LogP contribution is -2.32. The van der Waals surface area contributed by atoms with E-state index in [9.17, 15) is 4.79 Å². The van der Waals surface area contributed by atoms with Gasteiger partial charge in [-0.05, 0) is 44.4 Å². The summed E-state index contributed by atoms with van der Waals surface area (Å²) in [4.78, 5) is 19.5. The van der Waals surface area contributed by atoms with Crippen LogP contribution in [0.4, 0.5) is 0 Å². The summed E-state index contributed by atoms with van der Waals surface area (Å²) in [5, 5.41) is 9.62. The third-order valence-electron chi connectivity index (χ3n) is 4.34. The summed E-state index contributed by atoms with van der Waals surface area (Å²) in [6, 6.07) is 8.12. The van der Waals surface area contributed by atoms with Crippen LogP contribution in [0.1, 0.15) is 31.5 Å². The minimum atomic E-state index is 0.0201. The van der Waals surface area contributed by atoms with E-state index in [-0.39, 0.29) is 12.2 Å². The van der Waals surface area contributed by atoms with Gasteiger partial charge in [0.25, 0.3) is 5.56 Å². The molecule has 0 atom stereocenters. The Morgan fingerprint density at radius 3 is 2.82 bits per heavy atom. The second-order valence-electron chi connectivity index (χ2n) is 6.04. The minimum Gasteiger partial charge on any atom is -0.396 e. The van der Waals surface area contributed by atoms with Gasteiger partial charge in [0.1, 0.15) is 5.82 Å². The fourth-order valence-electron chi connectivity index (χ4n) is 2.84. The van der Waals surface area contributed by atoms with E-state index in [4.69, 9.17) is 5.11 Å². The molecule has 1 aromatic carbocycles. The van der Waals surface area contributed by atoms with Crippen molar-refractivity contribution >= 4 is 10.9 Å². The van der Waals surface area contributed by atoms with Gasteiger partial charge in [0, 0.05) is 19.7 Å². The van der Waals surface area contributed by atoms with E-state index >= 15 is 0 Å². The first kappa shape index (κ1) is 15.2. The van der Waals surface area contributed by atoms with Gasteiger partial charge in [0.05, 0.1) is 17.4 Å². The highest BCUT2D eigenvalue weighted by molar-refractivity contribution is 5.77. The number of hydrogen-bond acceptors (Lipinski definition) is 4. The van der Waals surface area contributed by atoms with Gasteiger partial charge < -0.3 is 5.11 Å². The van der Waals surface area contributed by atoms with E-state index in [1.807, 2.05) is 24.3 Å². The first-order valence-electron chi connectivity index (χ1n) is 8.00. The molecule has 0 bridgehead atoms. The van der Waals surface area contributed by atoms with Crippen molar-refractivity contribution in [3.63, 3.8) is 0 Å². The van der Waals surface area contributed by atoms with E-state index < -0.39 is 0 Å². The van der Waals surface area contributed by atoms with Crippen LogP contribution in [0.5, 0.6) is 0 Å². The summed E-state index contributed by atoms with van der Waals surface area (Å²) in [6.45, 7) is 1.89. The zero-order chi connectivity index (χ0) is 15.5. The Hall–Kier alpha value is -1.72. The molecule has 1 aliphatic rings. The molecule has 118 valence electrons. The number of rotatable bonds is 7. The number of benzene rings is 1. The molecule has 3 rings (SSSR count). The molecule has 0 aliphatic heterocycles. The molecule has 1 saturated carbocycles. The molecule has 0 saturated heterocycles. The SMILES string of the molecule is Cn1c(CN(CCCCO)C2CC2)nc2ccccc2c1=O. The molecular weight excluding hydrogens is 278 g/mol. The van der Waals surface area contributed by atoms with Gasteiger partial charge in [0.15, 0.2) is 0 Å². The molecular formula is C17H23N3O2. The lowest BCUT2D eigenvalue weighted by atomic mass is 10.2. The fourth-order valence-corrected chi connectivity index (χ4v) is 2.84. The van der Waals surface area contributed by atoms with Gasteiger partial charge in [-0.25, -0.2) is 4.98 Å². The van der Waals surface area contributed by atoms with Gasteiger partial charge in [-0.3, -0.25) is 14.3 Å². The molecule has 0 spiro atoms. The Balaban J connectivity index is 1.85. The highest BCUT2D eigenvalue weighted by atomic mass is 16.2. The smallest absolute Gasteiger partial charge is 0.261 e. The van der Waals surface area contributed by atoms with Crippen LogP contribution in [-0.2, 0) is 13.6 Å². The van der Waals surface area contributed by atoms with Gasteiger partial charge >= 0.3 is 0 Å². The maximum absolute atomic E-state index is 12.4. The average molecular weight is 301 g/mol. The van der Waals surface area contributed by atoms with Crippen LogP contribution in [0.2, 0.25) is 0 Å². The normalized spacial score (nSPS) is 14.9. The van der Waals surface area contributed by atoms with Crippen molar-refractivity contribution in [2.45, 2.75) is 38.3 Å². The van der Waals surface area contributed by atoms with Crippen LogP contribution < -0.4 is 5.56 Å². The third-order valence-corrected chi connectivity index (χ3v) is 4.34. The average Bonchev–Trinajstić information content (AvgIpc) is 3.36. The lowest BCUT2D eigenvalue weighted by molar-refractivity contribution is 0.222. The zero-order valence-corrected chi connectivity index (χ0v) is 13.0. The molecule has 2 aromatic rings. The number of unbranched alkanes of at least 4 members (excludes halogenated alkanes) is 1. The monoisotopic (exact) mass is 301 g/mol. The molecule has 1 heterocycles. The topological polar surface area (TPSA) is 58.4 Å². The Morgan fingerprint density at radius 1 is 1.32 bits per heavy atom.